The molecule has 10 rings (SSSR count). The van der Waals surface area contributed by atoms with Gasteiger partial charge in [-0.25, -0.2) is 0 Å². The Hall–Kier alpha value is -4.25. The molecule has 60 heavy (non-hydrogen) atoms. The van der Waals surface area contributed by atoms with Crippen LogP contribution in [0.4, 0.5) is 17.1 Å². The van der Waals surface area contributed by atoms with Crippen LogP contribution in [-0.4, -0.2) is 28.6 Å². The standard InChI is InChI=1S/C52H51NO3S3Si/c1-8-54-60(55-9-2,56-10-3)50-28-27-46(59-50)45-25-26-47(57-45)49-29-33-19-20-36(32-48(33)58-49)53(34-21-23-39-37-15-11-13-17-41(37)51(4,5)43(39)30-34)35-22-24-40-38-16-12-14-18-42(38)52(6,7)44(40)31-35/h11-28,30-32,49H,8-10,29H2,1-7H3. The van der Waals surface area contributed by atoms with E-state index in [9.17, 15) is 0 Å². The number of thiophene rings is 2. The van der Waals surface area contributed by atoms with Crippen molar-refractivity contribution in [3.05, 3.63) is 160 Å². The highest BCUT2D eigenvalue weighted by atomic mass is 32.2. The fourth-order valence-corrected chi connectivity index (χ4v) is 16.7. The molecule has 5 aromatic carbocycles. The smallest absolute Gasteiger partial charge is 0.370 e. The zero-order valence-electron chi connectivity index (χ0n) is 35.4. The summed E-state index contributed by atoms with van der Waals surface area (Å²) in [7, 11) is -2.95. The highest BCUT2D eigenvalue weighted by Crippen LogP contribution is 2.55. The van der Waals surface area contributed by atoms with Gasteiger partial charge in [-0.1, -0.05) is 94.4 Å². The Labute approximate surface area is 368 Å². The van der Waals surface area contributed by atoms with E-state index in [4.69, 9.17) is 13.3 Å². The molecule has 2 aromatic heterocycles. The van der Waals surface area contributed by atoms with Crippen LogP contribution in [0.2, 0.25) is 0 Å². The molecule has 8 heteroatoms. The third-order valence-corrected chi connectivity index (χ3v) is 20.3. The lowest BCUT2D eigenvalue weighted by molar-refractivity contribution is 0.0866. The second-order valence-corrected chi connectivity index (χ2v) is 23.3. The SMILES string of the molecule is CCO[Si](OCC)(OCC)c1ccc(-c2ccc(C3Cc4ccc(N(c5ccc6c(c5)C(C)(C)c5ccccc5-6)c5ccc6c(c5)C(C)(C)c5ccccc5-6)cc4S3)s2)s1. The monoisotopic (exact) mass is 861 g/mol. The van der Waals surface area contributed by atoms with Crippen LogP contribution in [0.3, 0.4) is 0 Å². The minimum atomic E-state index is -2.95. The van der Waals surface area contributed by atoms with Crippen LogP contribution in [0.1, 0.15) is 86.4 Å². The first-order valence-electron chi connectivity index (χ1n) is 21.3. The molecule has 7 aromatic rings. The number of thioether (sulfide) groups is 1. The number of benzene rings is 5. The second kappa shape index (κ2) is 15.3. The Morgan fingerprint density at radius 3 is 1.63 bits per heavy atom. The third-order valence-electron chi connectivity index (χ3n) is 12.7. The predicted molar refractivity (Wildman–Crippen MR) is 256 cm³/mol. The molecule has 304 valence electrons. The number of fused-ring (bicyclic) bond motifs is 7. The van der Waals surface area contributed by atoms with E-state index in [1.807, 2.05) is 43.9 Å². The van der Waals surface area contributed by atoms with Crippen LogP contribution in [0, 0.1) is 0 Å². The van der Waals surface area contributed by atoms with Crippen LogP contribution in [0.5, 0.6) is 0 Å². The first-order chi connectivity index (χ1) is 29.1. The van der Waals surface area contributed by atoms with Crippen molar-refractivity contribution in [3.8, 4) is 32.0 Å². The van der Waals surface area contributed by atoms with Gasteiger partial charge in [0.25, 0.3) is 0 Å². The minimum Gasteiger partial charge on any atom is -0.370 e. The number of hydrogen-bond acceptors (Lipinski definition) is 7. The van der Waals surface area contributed by atoms with Gasteiger partial charge in [0, 0.05) is 72.5 Å². The summed E-state index contributed by atoms with van der Waals surface area (Å²) >= 11 is 5.66. The molecule has 0 fully saturated rings. The van der Waals surface area contributed by atoms with E-state index in [1.165, 1.54) is 86.7 Å². The largest absolute Gasteiger partial charge is 0.547 e. The van der Waals surface area contributed by atoms with Crippen molar-refractivity contribution in [3.63, 3.8) is 0 Å². The predicted octanol–water partition coefficient (Wildman–Crippen LogP) is 14.2. The Balaban J connectivity index is 0.996. The molecule has 1 atom stereocenters. The van der Waals surface area contributed by atoms with Gasteiger partial charge in [0.1, 0.15) is 0 Å². The summed E-state index contributed by atoms with van der Waals surface area (Å²) < 4.78 is 19.8. The van der Waals surface area contributed by atoms with E-state index in [-0.39, 0.29) is 10.8 Å². The average molecular weight is 862 g/mol. The van der Waals surface area contributed by atoms with Gasteiger partial charge in [0.05, 0.1) is 4.50 Å². The molecular weight excluding hydrogens is 811 g/mol. The number of hydrogen-bond donors (Lipinski definition) is 0. The molecular formula is C52H51NO3S3Si. The summed E-state index contributed by atoms with van der Waals surface area (Å²) in [6, 6.07) is 48.3. The van der Waals surface area contributed by atoms with Crippen molar-refractivity contribution in [1.82, 2.24) is 0 Å². The Morgan fingerprint density at radius 1 is 0.550 bits per heavy atom. The third kappa shape index (κ3) is 6.41. The van der Waals surface area contributed by atoms with Gasteiger partial charge in [-0.2, -0.15) is 0 Å². The first kappa shape index (κ1) is 39.9. The Bertz CT molecular complexity index is 2640. The van der Waals surface area contributed by atoms with Crippen LogP contribution in [-0.2, 0) is 30.5 Å². The average Bonchev–Trinajstić information content (AvgIpc) is 4.09. The van der Waals surface area contributed by atoms with Crippen molar-refractivity contribution in [2.45, 2.75) is 75.9 Å². The maximum Gasteiger partial charge on any atom is 0.547 e. The zero-order valence-corrected chi connectivity index (χ0v) is 38.9. The quantitative estimate of drug-likeness (QED) is 0.114. The fourth-order valence-electron chi connectivity index (χ4n) is 9.83. The van der Waals surface area contributed by atoms with E-state index in [1.54, 1.807) is 11.3 Å². The highest BCUT2D eigenvalue weighted by Gasteiger charge is 2.45. The molecule has 0 spiro atoms. The van der Waals surface area contributed by atoms with Crippen molar-refractivity contribution in [1.29, 1.82) is 0 Å². The molecule has 0 N–H and O–H groups in total. The maximum atomic E-state index is 6.24. The number of rotatable bonds is 12. The summed E-state index contributed by atoms with van der Waals surface area (Å²) in [4.78, 5) is 7.78. The van der Waals surface area contributed by atoms with E-state index in [0.29, 0.717) is 25.1 Å². The van der Waals surface area contributed by atoms with Gasteiger partial charge in [-0.05, 0) is 138 Å². The molecule has 0 bridgehead atoms. The topological polar surface area (TPSA) is 30.9 Å². The zero-order chi connectivity index (χ0) is 41.4. The molecule has 4 nitrogen and oxygen atoms in total. The van der Waals surface area contributed by atoms with Crippen LogP contribution in [0.25, 0.3) is 32.0 Å². The van der Waals surface area contributed by atoms with Gasteiger partial charge in [-0.15, -0.1) is 34.4 Å². The summed E-state index contributed by atoms with van der Waals surface area (Å²) in [6.45, 7) is 17.2. The summed E-state index contributed by atoms with van der Waals surface area (Å²) in [5.74, 6) is 0. The molecule has 0 saturated carbocycles. The number of anilines is 3. The molecule has 2 aliphatic carbocycles. The maximum absolute atomic E-state index is 6.24. The van der Waals surface area contributed by atoms with Gasteiger partial charge < -0.3 is 18.2 Å². The highest BCUT2D eigenvalue weighted by molar-refractivity contribution is 8.00. The van der Waals surface area contributed by atoms with Gasteiger partial charge in [0.15, 0.2) is 0 Å². The summed E-state index contributed by atoms with van der Waals surface area (Å²) in [5.41, 5.74) is 15.7. The molecule has 3 aliphatic rings. The van der Waals surface area contributed by atoms with E-state index < -0.39 is 8.80 Å². The first-order valence-corrected chi connectivity index (χ1v) is 25.5. The molecule has 0 radical (unpaired) electrons. The summed E-state index contributed by atoms with van der Waals surface area (Å²) in [5, 5.41) is 0.365. The Kier molecular flexibility index (Phi) is 10.1. The lowest BCUT2D eigenvalue weighted by Crippen LogP contribution is -2.55. The fraction of sp³-hybridized carbons (Fsp3) is 0.269. The van der Waals surface area contributed by atoms with E-state index in [2.05, 4.69) is 160 Å². The molecule has 0 amide bonds. The lowest BCUT2D eigenvalue weighted by atomic mass is 9.82. The van der Waals surface area contributed by atoms with Crippen molar-refractivity contribution in [2.75, 3.05) is 24.7 Å². The van der Waals surface area contributed by atoms with Crippen molar-refractivity contribution < 1.29 is 13.3 Å². The van der Waals surface area contributed by atoms with Gasteiger partial charge >= 0.3 is 8.80 Å². The van der Waals surface area contributed by atoms with Crippen LogP contribution in [0.15, 0.2) is 132 Å². The van der Waals surface area contributed by atoms with Gasteiger partial charge in [-0.3, -0.25) is 0 Å². The van der Waals surface area contributed by atoms with Crippen molar-refractivity contribution >= 4 is 64.8 Å². The van der Waals surface area contributed by atoms with Crippen LogP contribution < -0.4 is 9.40 Å². The van der Waals surface area contributed by atoms with Gasteiger partial charge in [0.2, 0.25) is 0 Å². The van der Waals surface area contributed by atoms with E-state index in [0.717, 1.165) is 10.9 Å². The van der Waals surface area contributed by atoms with Crippen molar-refractivity contribution in [2.24, 2.45) is 0 Å². The second-order valence-electron chi connectivity index (χ2n) is 17.0. The molecule has 1 aliphatic heterocycles. The van der Waals surface area contributed by atoms with E-state index >= 15 is 0 Å². The molecule has 1 unspecified atom stereocenters. The number of nitrogens with zero attached hydrogens (tertiary/aromatic N) is 1. The summed E-state index contributed by atoms with van der Waals surface area (Å²) in [6.07, 6.45) is 1.02. The molecule has 0 saturated heterocycles. The minimum absolute atomic E-state index is 0.0959. The Morgan fingerprint density at radius 2 is 1.05 bits per heavy atom. The molecule has 3 heterocycles. The normalized spacial score (nSPS) is 16.6. The lowest BCUT2D eigenvalue weighted by Gasteiger charge is -2.30. The van der Waals surface area contributed by atoms with Crippen LogP contribution >= 0.6 is 34.4 Å².